The fourth-order valence-corrected chi connectivity index (χ4v) is 13.2. The van der Waals surface area contributed by atoms with Crippen LogP contribution in [0.1, 0.15) is 112 Å². The molecule has 0 amide bonds. The standard InChI is InChI=1S/C43H46N6O/c50-41-35(17-27-1-7-37(8-2-27)48-39(25-44-46-48)42-19-29-11-30(20-42)13-31(12-29)21-42)5-6-36(41)18-28-3-9-38(10-4-28)49-40(26-45-47-49)43-22-32-14-33(23-43)16-34(15-32)24-43/h1-4,7-10,17-18,25-26,29-34H,5-6,11-16,19-24H2. The van der Waals surface area contributed by atoms with Crippen LogP contribution in [0.4, 0.5) is 0 Å². The molecule has 9 fully saturated rings. The number of ketones is 1. The molecule has 0 spiro atoms. The largest absolute Gasteiger partial charge is 0.289 e. The fraction of sp³-hybridized carbons (Fsp3) is 0.512. The summed E-state index contributed by atoms with van der Waals surface area (Å²) >= 11 is 0. The maximum absolute atomic E-state index is 13.5. The van der Waals surface area contributed by atoms with Gasteiger partial charge in [0, 0.05) is 22.0 Å². The van der Waals surface area contributed by atoms with Crippen LogP contribution in [0, 0.1) is 35.5 Å². The smallest absolute Gasteiger partial charge is 0.185 e. The van der Waals surface area contributed by atoms with Gasteiger partial charge in [-0.2, -0.15) is 0 Å². The van der Waals surface area contributed by atoms with E-state index >= 15 is 0 Å². The highest BCUT2D eigenvalue weighted by Gasteiger charge is 2.54. The topological polar surface area (TPSA) is 78.5 Å². The Kier molecular flexibility index (Phi) is 6.47. The summed E-state index contributed by atoms with van der Waals surface area (Å²) in [5, 5.41) is 18.0. The Bertz CT molecular complexity index is 1830. The number of nitrogens with zero attached hydrogens (tertiary/aromatic N) is 6. The molecule has 8 bridgehead atoms. The maximum atomic E-state index is 13.5. The average Bonchev–Trinajstić information content (AvgIpc) is 3.87. The van der Waals surface area contributed by atoms with E-state index in [1.165, 1.54) is 88.4 Å². The van der Waals surface area contributed by atoms with Crippen LogP contribution in [0.2, 0.25) is 0 Å². The summed E-state index contributed by atoms with van der Waals surface area (Å²) in [5.74, 6) is 5.44. The highest BCUT2D eigenvalue weighted by molar-refractivity contribution is 6.15. The van der Waals surface area contributed by atoms with E-state index in [1.54, 1.807) is 0 Å². The van der Waals surface area contributed by atoms with E-state index < -0.39 is 0 Å². The van der Waals surface area contributed by atoms with Crippen molar-refractivity contribution in [1.82, 2.24) is 30.0 Å². The molecule has 13 rings (SSSR count). The maximum Gasteiger partial charge on any atom is 0.185 e. The molecule has 9 aliphatic rings. The third-order valence-electron chi connectivity index (χ3n) is 14.5. The van der Waals surface area contributed by atoms with Gasteiger partial charge in [0.2, 0.25) is 0 Å². The van der Waals surface area contributed by atoms with Crippen LogP contribution in [-0.4, -0.2) is 35.8 Å². The molecule has 0 unspecified atom stereocenters. The van der Waals surface area contributed by atoms with Crippen LogP contribution in [0.5, 0.6) is 0 Å². The van der Waals surface area contributed by atoms with Gasteiger partial charge in [0.15, 0.2) is 5.78 Å². The number of aromatic nitrogens is 6. The predicted molar refractivity (Wildman–Crippen MR) is 193 cm³/mol. The zero-order valence-corrected chi connectivity index (χ0v) is 28.9. The molecular formula is C43H46N6O. The van der Waals surface area contributed by atoms with Crippen molar-refractivity contribution in [2.24, 2.45) is 35.5 Å². The quantitative estimate of drug-likeness (QED) is 0.193. The summed E-state index contributed by atoms with van der Waals surface area (Å²) in [6.07, 6.45) is 26.1. The normalized spacial score (nSPS) is 36.8. The molecule has 0 N–H and O–H groups in total. The van der Waals surface area contributed by atoms with Gasteiger partial charge < -0.3 is 0 Å². The zero-order chi connectivity index (χ0) is 33.0. The van der Waals surface area contributed by atoms with Crippen LogP contribution >= 0.6 is 0 Å². The Hall–Kier alpha value is -4.13. The van der Waals surface area contributed by atoms with Crippen LogP contribution in [-0.2, 0) is 15.6 Å². The number of hydrogen-bond donors (Lipinski definition) is 0. The molecule has 9 aliphatic carbocycles. The minimum absolute atomic E-state index is 0.166. The summed E-state index contributed by atoms with van der Waals surface area (Å²) in [4.78, 5) is 13.5. The van der Waals surface area contributed by atoms with E-state index in [2.05, 4.69) is 90.7 Å². The lowest BCUT2D eigenvalue weighted by atomic mass is 9.49. The van der Waals surface area contributed by atoms with Gasteiger partial charge in [-0.15, -0.1) is 10.2 Å². The molecule has 0 saturated heterocycles. The number of benzene rings is 2. The first-order valence-corrected chi connectivity index (χ1v) is 19.5. The van der Waals surface area contributed by atoms with Crippen molar-refractivity contribution in [2.45, 2.75) is 101 Å². The van der Waals surface area contributed by atoms with E-state index in [0.29, 0.717) is 0 Å². The third-order valence-corrected chi connectivity index (χ3v) is 14.5. The van der Waals surface area contributed by atoms with E-state index in [-0.39, 0.29) is 16.6 Å². The third kappa shape index (κ3) is 4.71. The van der Waals surface area contributed by atoms with Crippen molar-refractivity contribution in [1.29, 1.82) is 0 Å². The van der Waals surface area contributed by atoms with Crippen molar-refractivity contribution in [3.05, 3.63) is 94.6 Å². The minimum Gasteiger partial charge on any atom is -0.289 e. The van der Waals surface area contributed by atoms with Gasteiger partial charge in [0.05, 0.1) is 35.2 Å². The van der Waals surface area contributed by atoms with Crippen molar-refractivity contribution in [3.8, 4) is 11.4 Å². The van der Waals surface area contributed by atoms with Gasteiger partial charge in [0.25, 0.3) is 0 Å². The molecule has 0 radical (unpaired) electrons. The van der Waals surface area contributed by atoms with Crippen LogP contribution in [0.25, 0.3) is 23.5 Å². The molecule has 2 heterocycles. The first-order chi connectivity index (χ1) is 24.5. The molecular weight excluding hydrogens is 617 g/mol. The number of Topliss-reactive ketones (excluding diaryl/α,β-unsaturated/α-hetero) is 1. The lowest BCUT2D eigenvalue weighted by Gasteiger charge is -2.56. The van der Waals surface area contributed by atoms with Gasteiger partial charge in [-0.25, -0.2) is 9.36 Å². The molecule has 50 heavy (non-hydrogen) atoms. The molecule has 7 nitrogen and oxygen atoms in total. The summed E-state index contributed by atoms with van der Waals surface area (Å²) in [7, 11) is 0. The average molecular weight is 663 g/mol. The Balaban J connectivity index is 0.795. The second-order valence-electron chi connectivity index (χ2n) is 17.8. The number of allylic oxidation sites excluding steroid dienone is 2. The number of hydrogen-bond acceptors (Lipinski definition) is 5. The summed E-state index contributed by atoms with van der Waals surface area (Å²) in [6, 6.07) is 17.1. The molecule has 0 aliphatic heterocycles. The van der Waals surface area contributed by atoms with E-state index in [1.807, 2.05) is 12.4 Å². The number of carbonyl (C=O) groups excluding carboxylic acids is 1. The molecule has 2 aromatic heterocycles. The number of carbonyl (C=O) groups is 1. The molecule has 0 atom stereocenters. The van der Waals surface area contributed by atoms with Gasteiger partial charge in [0.1, 0.15) is 0 Å². The van der Waals surface area contributed by atoms with Crippen molar-refractivity contribution in [3.63, 3.8) is 0 Å². The molecule has 2 aromatic carbocycles. The molecule has 4 aromatic rings. The summed E-state index contributed by atoms with van der Waals surface area (Å²) < 4.78 is 4.20. The highest BCUT2D eigenvalue weighted by atomic mass is 16.1. The fourth-order valence-electron chi connectivity index (χ4n) is 13.2. The van der Waals surface area contributed by atoms with E-state index in [9.17, 15) is 4.79 Å². The van der Waals surface area contributed by atoms with Crippen LogP contribution < -0.4 is 0 Å². The second kappa shape index (κ2) is 10.9. The first-order valence-electron chi connectivity index (χ1n) is 19.5. The second-order valence-corrected chi connectivity index (χ2v) is 17.8. The minimum atomic E-state index is 0.166. The highest BCUT2D eigenvalue weighted by Crippen LogP contribution is 2.62. The number of rotatable bonds is 6. The predicted octanol–water partition coefficient (Wildman–Crippen LogP) is 8.61. The Morgan fingerprint density at radius 2 is 0.860 bits per heavy atom. The summed E-state index contributed by atoms with van der Waals surface area (Å²) in [6.45, 7) is 0. The molecule has 254 valence electrons. The van der Waals surface area contributed by atoms with E-state index in [0.717, 1.165) is 82.0 Å². The van der Waals surface area contributed by atoms with Crippen molar-refractivity contribution in [2.75, 3.05) is 0 Å². The van der Waals surface area contributed by atoms with Gasteiger partial charge in [-0.3, -0.25) is 4.79 Å². The van der Waals surface area contributed by atoms with Gasteiger partial charge >= 0.3 is 0 Å². The van der Waals surface area contributed by atoms with Crippen LogP contribution in [0.3, 0.4) is 0 Å². The first kappa shape index (κ1) is 29.6. The molecule has 7 heteroatoms. The monoisotopic (exact) mass is 662 g/mol. The lowest BCUT2D eigenvalue weighted by Crippen LogP contribution is -2.49. The zero-order valence-electron chi connectivity index (χ0n) is 28.9. The summed E-state index contributed by atoms with van der Waals surface area (Å²) in [5.41, 5.74) is 9.11. The van der Waals surface area contributed by atoms with Crippen molar-refractivity contribution < 1.29 is 4.79 Å². The molecule has 9 saturated carbocycles. The SMILES string of the molecule is O=C1C(=Cc2ccc(-n3nncc3C34CC5CC(CC(C5)C3)C4)cc2)CCC1=Cc1ccc(-n2nncc2C23CC4CC(CC(C4)C2)C3)cc1. The van der Waals surface area contributed by atoms with Gasteiger partial charge in [-0.05, 0) is 173 Å². The lowest BCUT2D eigenvalue weighted by molar-refractivity contribution is -0.111. The van der Waals surface area contributed by atoms with Crippen LogP contribution in [0.15, 0.2) is 72.1 Å². The van der Waals surface area contributed by atoms with Gasteiger partial charge in [-0.1, -0.05) is 34.7 Å². The van der Waals surface area contributed by atoms with Crippen molar-refractivity contribution >= 4 is 17.9 Å². The van der Waals surface area contributed by atoms with E-state index in [4.69, 9.17) is 0 Å². The Morgan fingerprint density at radius 1 is 0.520 bits per heavy atom. The Morgan fingerprint density at radius 3 is 1.20 bits per heavy atom. The Labute approximate surface area is 294 Å².